The van der Waals surface area contributed by atoms with Crippen molar-refractivity contribution in [2.75, 3.05) is 0 Å². The molecule has 2 fully saturated rings. The molecule has 0 bridgehead atoms. The predicted octanol–water partition coefficient (Wildman–Crippen LogP) is 3.01. The van der Waals surface area contributed by atoms with E-state index in [0.29, 0.717) is 0 Å². The van der Waals surface area contributed by atoms with E-state index in [1.54, 1.807) is 6.92 Å². The lowest BCUT2D eigenvalue weighted by Gasteiger charge is -2.54. The van der Waals surface area contributed by atoms with Gasteiger partial charge in [-0.1, -0.05) is 12.8 Å². The quantitative estimate of drug-likeness (QED) is 0.694. The Labute approximate surface area is 103 Å². The second-order valence-electron chi connectivity index (χ2n) is 5.64. The number of carbonyl (C=O) groups is 2. The summed E-state index contributed by atoms with van der Waals surface area (Å²) in [5, 5.41) is 0. The van der Waals surface area contributed by atoms with Crippen LogP contribution in [0.5, 0.6) is 0 Å². The highest BCUT2D eigenvalue weighted by Crippen LogP contribution is 2.55. The Morgan fingerprint density at radius 1 is 0.882 bits per heavy atom. The van der Waals surface area contributed by atoms with E-state index in [9.17, 15) is 9.59 Å². The molecule has 3 heteroatoms. The third kappa shape index (κ3) is 1.90. The average Bonchev–Trinajstić information content (AvgIpc) is 2.27. The van der Waals surface area contributed by atoms with E-state index < -0.39 is 5.60 Å². The van der Waals surface area contributed by atoms with Crippen LogP contribution in [0.25, 0.3) is 0 Å². The zero-order valence-electron chi connectivity index (χ0n) is 10.9. The summed E-state index contributed by atoms with van der Waals surface area (Å²) < 4.78 is 5.69. The first-order valence-electron chi connectivity index (χ1n) is 6.73. The SMILES string of the molecule is CC(=O)OC12CCCCC1(C(C)=O)CCCC2. The number of ketones is 1. The van der Waals surface area contributed by atoms with E-state index in [4.69, 9.17) is 4.74 Å². The third-order valence-corrected chi connectivity index (χ3v) is 4.75. The fourth-order valence-corrected chi connectivity index (χ4v) is 4.01. The van der Waals surface area contributed by atoms with Gasteiger partial charge in [0.05, 0.1) is 5.41 Å². The molecule has 0 spiro atoms. The fourth-order valence-electron chi connectivity index (χ4n) is 4.01. The molecule has 2 saturated carbocycles. The zero-order valence-corrected chi connectivity index (χ0v) is 10.9. The zero-order chi connectivity index (χ0) is 12.5. The first-order chi connectivity index (χ1) is 8.02. The number of ether oxygens (including phenoxy) is 1. The van der Waals surface area contributed by atoms with Gasteiger partial charge in [-0.2, -0.15) is 0 Å². The second-order valence-corrected chi connectivity index (χ2v) is 5.64. The van der Waals surface area contributed by atoms with Gasteiger partial charge in [-0.15, -0.1) is 0 Å². The molecule has 0 radical (unpaired) electrons. The van der Waals surface area contributed by atoms with Crippen LogP contribution in [0.2, 0.25) is 0 Å². The molecule has 0 aliphatic heterocycles. The summed E-state index contributed by atoms with van der Waals surface area (Å²) in [5.41, 5.74) is -0.865. The van der Waals surface area contributed by atoms with Crippen molar-refractivity contribution < 1.29 is 14.3 Å². The highest BCUT2D eigenvalue weighted by molar-refractivity contribution is 5.84. The van der Waals surface area contributed by atoms with Gasteiger partial charge in [0, 0.05) is 6.92 Å². The summed E-state index contributed by atoms with van der Waals surface area (Å²) in [7, 11) is 0. The van der Waals surface area contributed by atoms with Crippen LogP contribution in [0.4, 0.5) is 0 Å². The maximum absolute atomic E-state index is 12.2. The van der Waals surface area contributed by atoms with Gasteiger partial charge in [0.2, 0.25) is 0 Å². The summed E-state index contributed by atoms with van der Waals surface area (Å²) in [4.78, 5) is 23.5. The van der Waals surface area contributed by atoms with Crippen molar-refractivity contribution in [2.24, 2.45) is 5.41 Å². The molecule has 0 aromatic rings. The normalized spacial score (nSPS) is 37.1. The molecule has 96 valence electrons. The van der Waals surface area contributed by atoms with Crippen molar-refractivity contribution in [3.05, 3.63) is 0 Å². The van der Waals surface area contributed by atoms with Crippen molar-refractivity contribution in [2.45, 2.75) is 70.8 Å². The van der Waals surface area contributed by atoms with E-state index in [0.717, 1.165) is 51.4 Å². The molecule has 2 aliphatic carbocycles. The van der Waals surface area contributed by atoms with Crippen LogP contribution >= 0.6 is 0 Å². The molecule has 0 aromatic heterocycles. The van der Waals surface area contributed by atoms with E-state index in [2.05, 4.69) is 0 Å². The van der Waals surface area contributed by atoms with Crippen LogP contribution in [0.15, 0.2) is 0 Å². The standard InChI is InChI=1S/C14H22O3/c1-11(15)13-7-3-5-9-14(13,17-12(2)16)10-6-4-8-13/h3-10H2,1-2H3. The van der Waals surface area contributed by atoms with E-state index in [1.807, 2.05) is 0 Å². The van der Waals surface area contributed by atoms with Crippen LogP contribution in [0.3, 0.4) is 0 Å². The maximum atomic E-state index is 12.2. The molecule has 2 rings (SSSR count). The van der Waals surface area contributed by atoms with E-state index in [1.165, 1.54) is 6.92 Å². The summed E-state index contributed by atoms with van der Waals surface area (Å²) in [6.07, 6.45) is 7.85. The van der Waals surface area contributed by atoms with E-state index in [-0.39, 0.29) is 17.2 Å². The molecule has 0 N–H and O–H groups in total. The number of hydrogen-bond acceptors (Lipinski definition) is 3. The van der Waals surface area contributed by atoms with Crippen LogP contribution in [0, 0.1) is 5.41 Å². The lowest BCUT2D eigenvalue weighted by atomic mass is 9.54. The van der Waals surface area contributed by atoms with Gasteiger partial charge in [-0.05, 0) is 45.4 Å². The topological polar surface area (TPSA) is 43.4 Å². The van der Waals surface area contributed by atoms with Crippen LogP contribution in [0.1, 0.15) is 65.2 Å². The summed E-state index contributed by atoms with van der Waals surface area (Å²) >= 11 is 0. The monoisotopic (exact) mass is 238 g/mol. The summed E-state index contributed by atoms with van der Waals surface area (Å²) in [6.45, 7) is 3.14. The number of carbonyl (C=O) groups excluding carboxylic acids is 2. The van der Waals surface area contributed by atoms with Crippen molar-refractivity contribution in [1.29, 1.82) is 0 Å². The first-order valence-corrected chi connectivity index (χ1v) is 6.73. The molecule has 0 amide bonds. The third-order valence-electron chi connectivity index (χ3n) is 4.75. The molecule has 0 unspecified atom stereocenters. The molecule has 2 aliphatic rings. The molecular weight excluding hydrogens is 216 g/mol. The Morgan fingerprint density at radius 2 is 1.35 bits per heavy atom. The summed E-state index contributed by atoms with van der Waals surface area (Å²) in [5.74, 6) is -0.0161. The van der Waals surface area contributed by atoms with Gasteiger partial charge in [0.25, 0.3) is 0 Å². The van der Waals surface area contributed by atoms with Gasteiger partial charge in [0.15, 0.2) is 0 Å². The number of hydrogen-bond donors (Lipinski definition) is 0. The van der Waals surface area contributed by atoms with Crippen LogP contribution in [-0.2, 0) is 14.3 Å². The Hall–Kier alpha value is -0.860. The van der Waals surface area contributed by atoms with Crippen molar-refractivity contribution >= 4 is 11.8 Å². The molecule has 0 atom stereocenters. The van der Waals surface area contributed by atoms with Gasteiger partial charge in [-0.25, -0.2) is 0 Å². The minimum absolute atomic E-state index is 0.221. The number of rotatable bonds is 2. The number of fused-ring (bicyclic) bond motifs is 1. The van der Waals surface area contributed by atoms with E-state index >= 15 is 0 Å². The highest BCUT2D eigenvalue weighted by Gasteiger charge is 2.58. The first kappa shape index (κ1) is 12.6. The van der Waals surface area contributed by atoms with Gasteiger partial charge >= 0.3 is 5.97 Å². The molecule has 0 aromatic carbocycles. The molecule has 17 heavy (non-hydrogen) atoms. The Morgan fingerprint density at radius 3 is 1.76 bits per heavy atom. The van der Waals surface area contributed by atoms with Gasteiger partial charge in [0.1, 0.15) is 11.4 Å². The smallest absolute Gasteiger partial charge is 0.303 e. The Kier molecular flexibility index (Phi) is 3.28. The fraction of sp³-hybridized carbons (Fsp3) is 0.857. The molecule has 3 nitrogen and oxygen atoms in total. The summed E-state index contributed by atoms with van der Waals surface area (Å²) in [6, 6.07) is 0. The minimum atomic E-state index is -0.485. The lowest BCUT2D eigenvalue weighted by Crippen LogP contribution is -2.58. The largest absolute Gasteiger partial charge is 0.458 e. The minimum Gasteiger partial charge on any atom is -0.458 e. The number of Topliss-reactive ketones (excluding diaryl/α,β-unsaturated/α-hetero) is 1. The molecule has 0 saturated heterocycles. The maximum Gasteiger partial charge on any atom is 0.303 e. The van der Waals surface area contributed by atoms with Gasteiger partial charge < -0.3 is 4.74 Å². The molecule has 0 heterocycles. The van der Waals surface area contributed by atoms with Gasteiger partial charge in [-0.3, -0.25) is 9.59 Å². The van der Waals surface area contributed by atoms with Crippen LogP contribution < -0.4 is 0 Å². The predicted molar refractivity (Wildman–Crippen MR) is 64.5 cm³/mol. The van der Waals surface area contributed by atoms with Crippen LogP contribution in [-0.4, -0.2) is 17.4 Å². The van der Waals surface area contributed by atoms with Crippen molar-refractivity contribution in [3.63, 3.8) is 0 Å². The second kappa shape index (κ2) is 4.43. The average molecular weight is 238 g/mol. The van der Waals surface area contributed by atoms with Crippen molar-refractivity contribution in [3.8, 4) is 0 Å². The number of esters is 1. The Balaban J connectivity index is 2.39. The lowest BCUT2D eigenvalue weighted by molar-refractivity contribution is -0.195. The van der Waals surface area contributed by atoms with Crippen molar-refractivity contribution in [1.82, 2.24) is 0 Å². The Bertz CT molecular complexity index is 320. The highest BCUT2D eigenvalue weighted by atomic mass is 16.6. The molecular formula is C14H22O3.